The van der Waals surface area contributed by atoms with Crippen molar-refractivity contribution in [2.45, 2.75) is 19.4 Å². The van der Waals surface area contributed by atoms with Gasteiger partial charge in [0.1, 0.15) is 5.75 Å². The van der Waals surface area contributed by atoms with Crippen LogP contribution in [0.1, 0.15) is 13.3 Å². The van der Waals surface area contributed by atoms with Crippen molar-refractivity contribution in [3.63, 3.8) is 0 Å². The Bertz CT molecular complexity index is 658. The molecule has 3 rings (SSSR count). The second-order valence-electron chi connectivity index (χ2n) is 5.06. The first-order valence-corrected chi connectivity index (χ1v) is 8.20. The van der Waals surface area contributed by atoms with Gasteiger partial charge in [-0.3, -0.25) is 4.79 Å². The Morgan fingerprint density at radius 3 is 3.17 bits per heavy atom. The molecule has 2 N–H and O–H groups in total. The summed E-state index contributed by atoms with van der Waals surface area (Å²) in [5.41, 5.74) is 0.864. The fourth-order valence-electron chi connectivity index (χ4n) is 2.36. The molecule has 126 valence electrons. The lowest BCUT2D eigenvalue weighted by Gasteiger charge is -2.22. The van der Waals surface area contributed by atoms with E-state index in [1.807, 2.05) is 25.1 Å². The number of fused-ring (bicyclic) bond motifs is 1. The summed E-state index contributed by atoms with van der Waals surface area (Å²) in [4.78, 5) is 16.5. The van der Waals surface area contributed by atoms with Crippen LogP contribution in [0.4, 0.5) is 5.13 Å². The average Bonchev–Trinajstić information content (AvgIpc) is 2.89. The summed E-state index contributed by atoms with van der Waals surface area (Å²) in [5.74, 6) is 0.771. The van der Waals surface area contributed by atoms with Crippen LogP contribution in [0, 0.1) is 0 Å². The molecule has 1 saturated heterocycles. The predicted molar refractivity (Wildman–Crippen MR) is 93.9 cm³/mol. The minimum absolute atomic E-state index is 0. The number of aromatic nitrogens is 1. The number of anilines is 1. The summed E-state index contributed by atoms with van der Waals surface area (Å²) in [6, 6.07) is 5.82. The van der Waals surface area contributed by atoms with Gasteiger partial charge < -0.3 is 20.1 Å². The molecule has 1 atom stereocenters. The third-order valence-electron chi connectivity index (χ3n) is 3.35. The molecule has 0 bridgehead atoms. The number of hydrogen-bond acceptors (Lipinski definition) is 6. The zero-order valence-electron chi connectivity index (χ0n) is 12.8. The van der Waals surface area contributed by atoms with Gasteiger partial charge in [0.05, 0.1) is 30.0 Å². The number of amides is 1. The SMILES string of the molecule is CCOc1ccc2nc(NC(=O)CC3COCCN3)sc2c1.Cl. The Morgan fingerprint density at radius 1 is 1.57 bits per heavy atom. The van der Waals surface area contributed by atoms with Crippen molar-refractivity contribution >= 4 is 45.0 Å². The number of ether oxygens (including phenoxy) is 2. The van der Waals surface area contributed by atoms with E-state index < -0.39 is 0 Å². The van der Waals surface area contributed by atoms with Crippen LogP contribution in [0.3, 0.4) is 0 Å². The summed E-state index contributed by atoms with van der Waals surface area (Å²) in [6.07, 6.45) is 0.389. The number of benzene rings is 1. The van der Waals surface area contributed by atoms with Crippen LogP contribution in [0.15, 0.2) is 18.2 Å². The first-order valence-electron chi connectivity index (χ1n) is 7.39. The molecule has 1 aliphatic rings. The van der Waals surface area contributed by atoms with Crippen molar-refractivity contribution in [2.75, 3.05) is 31.7 Å². The van der Waals surface area contributed by atoms with Crippen LogP contribution in [-0.4, -0.2) is 43.3 Å². The Hall–Kier alpha value is -1.41. The maximum Gasteiger partial charge on any atom is 0.227 e. The molecule has 0 radical (unpaired) electrons. The lowest BCUT2D eigenvalue weighted by atomic mass is 10.2. The van der Waals surface area contributed by atoms with Gasteiger partial charge in [0.25, 0.3) is 0 Å². The molecule has 6 nitrogen and oxygen atoms in total. The molecule has 8 heteroatoms. The highest BCUT2D eigenvalue weighted by Gasteiger charge is 2.17. The molecule has 0 saturated carbocycles. The quantitative estimate of drug-likeness (QED) is 0.859. The van der Waals surface area contributed by atoms with Crippen LogP contribution < -0.4 is 15.4 Å². The Morgan fingerprint density at radius 2 is 2.43 bits per heavy atom. The second kappa shape index (κ2) is 8.44. The number of nitrogens with zero attached hydrogens (tertiary/aromatic N) is 1. The van der Waals surface area contributed by atoms with Gasteiger partial charge in [-0.2, -0.15) is 0 Å². The smallest absolute Gasteiger partial charge is 0.227 e. The number of thiazole rings is 1. The second-order valence-corrected chi connectivity index (χ2v) is 6.09. The van der Waals surface area contributed by atoms with Crippen LogP contribution in [0.25, 0.3) is 10.2 Å². The van der Waals surface area contributed by atoms with Gasteiger partial charge in [0.15, 0.2) is 5.13 Å². The fourth-order valence-corrected chi connectivity index (χ4v) is 3.27. The van der Waals surface area contributed by atoms with E-state index in [1.54, 1.807) is 0 Å². The molecular formula is C15H20ClN3O3S. The third kappa shape index (κ3) is 4.78. The van der Waals surface area contributed by atoms with Crippen molar-refractivity contribution in [2.24, 2.45) is 0 Å². The van der Waals surface area contributed by atoms with E-state index in [0.29, 0.717) is 31.4 Å². The maximum absolute atomic E-state index is 12.1. The number of carbonyl (C=O) groups excluding carboxylic acids is 1. The summed E-state index contributed by atoms with van der Waals surface area (Å²) in [7, 11) is 0. The molecule has 23 heavy (non-hydrogen) atoms. The first-order chi connectivity index (χ1) is 10.7. The van der Waals surface area contributed by atoms with Gasteiger partial charge >= 0.3 is 0 Å². The van der Waals surface area contributed by atoms with Crippen LogP contribution in [-0.2, 0) is 9.53 Å². The molecule has 2 heterocycles. The predicted octanol–water partition coefficient (Wildman–Crippen LogP) is 2.43. The molecule has 1 aromatic carbocycles. The van der Waals surface area contributed by atoms with E-state index in [-0.39, 0.29) is 24.4 Å². The normalized spacial score (nSPS) is 17.5. The molecule has 1 fully saturated rings. The summed E-state index contributed by atoms with van der Waals surface area (Å²) >= 11 is 1.45. The summed E-state index contributed by atoms with van der Waals surface area (Å²) in [6.45, 7) is 4.65. The Balaban J connectivity index is 0.00000192. The van der Waals surface area contributed by atoms with E-state index in [9.17, 15) is 4.79 Å². The maximum atomic E-state index is 12.1. The van der Waals surface area contributed by atoms with Crippen LogP contribution in [0.2, 0.25) is 0 Å². The topological polar surface area (TPSA) is 72.5 Å². The standard InChI is InChI=1S/C15H19N3O3S.ClH/c1-2-21-11-3-4-12-13(8-11)22-15(17-12)18-14(19)7-10-9-20-6-5-16-10;/h3-4,8,10,16H,2,5-7,9H2,1H3,(H,17,18,19);1H. The van der Waals surface area contributed by atoms with Crippen molar-refractivity contribution in [3.05, 3.63) is 18.2 Å². The highest BCUT2D eigenvalue weighted by atomic mass is 35.5. The number of rotatable bonds is 5. The largest absolute Gasteiger partial charge is 0.494 e. The summed E-state index contributed by atoms with van der Waals surface area (Å²) in [5, 5.41) is 6.74. The molecular weight excluding hydrogens is 338 g/mol. The van der Waals surface area contributed by atoms with Gasteiger partial charge in [0.2, 0.25) is 5.91 Å². The van der Waals surface area contributed by atoms with Crippen LogP contribution >= 0.6 is 23.7 Å². The fraction of sp³-hybridized carbons (Fsp3) is 0.467. The molecule has 1 aliphatic heterocycles. The zero-order valence-corrected chi connectivity index (χ0v) is 14.5. The lowest BCUT2D eigenvalue weighted by molar-refractivity contribution is -0.117. The Kier molecular flexibility index (Phi) is 6.59. The summed E-state index contributed by atoms with van der Waals surface area (Å²) < 4.78 is 11.8. The number of morpholine rings is 1. The Labute approximate surface area is 145 Å². The van der Waals surface area contributed by atoms with Crippen LogP contribution in [0.5, 0.6) is 5.75 Å². The van der Waals surface area contributed by atoms with Gasteiger partial charge in [-0.1, -0.05) is 11.3 Å². The van der Waals surface area contributed by atoms with Crippen molar-refractivity contribution in [3.8, 4) is 5.75 Å². The van der Waals surface area contributed by atoms with Crippen molar-refractivity contribution in [1.29, 1.82) is 0 Å². The van der Waals surface area contributed by atoms with Crippen molar-refractivity contribution in [1.82, 2.24) is 10.3 Å². The minimum atomic E-state index is -0.0490. The average molecular weight is 358 g/mol. The van der Waals surface area contributed by atoms with Gasteiger partial charge in [-0.25, -0.2) is 4.98 Å². The molecule has 1 aromatic heterocycles. The molecule has 0 spiro atoms. The zero-order chi connectivity index (χ0) is 15.4. The van der Waals surface area contributed by atoms with Gasteiger partial charge in [-0.15, -0.1) is 12.4 Å². The van der Waals surface area contributed by atoms with E-state index in [1.165, 1.54) is 11.3 Å². The highest BCUT2D eigenvalue weighted by Crippen LogP contribution is 2.29. The number of nitrogens with one attached hydrogen (secondary N) is 2. The van der Waals surface area contributed by atoms with E-state index in [4.69, 9.17) is 9.47 Å². The minimum Gasteiger partial charge on any atom is -0.494 e. The molecule has 1 amide bonds. The number of hydrogen-bond donors (Lipinski definition) is 2. The monoisotopic (exact) mass is 357 g/mol. The lowest BCUT2D eigenvalue weighted by Crippen LogP contribution is -2.43. The molecule has 1 unspecified atom stereocenters. The van der Waals surface area contributed by atoms with E-state index in [0.717, 1.165) is 22.5 Å². The number of carbonyl (C=O) groups is 1. The highest BCUT2D eigenvalue weighted by molar-refractivity contribution is 7.22. The van der Waals surface area contributed by atoms with Crippen molar-refractivity contribution < 1.29 is 14.3 Å². The molecule has 0 aliphatic carbocycles. The van der Waals surface area contributed by atoms with E-state index in [2.05, 4.69) is 15.6 Å². The first kappa shape index (κ1) is 17.9. The third-order valence-corrected chi connectivity index (χ3v) is 4.28. The number of halogens is 1. The van der Waals surface area contributed by atoms with Gasteiger partial charge in [-0.05, 0) is 25.1 Å². The molecule has 2 aromatic rings. The van der Waals surface area contributed by atoms with Gasteiger partial charge in [0, 0.05) is 19.0 Å². The van der Waals surface area contributed by atoms with E-state index >= 15 is 0 Å².